The first-order valence-corrected chi connectivity index (χ1v) is 7.46. The third-order valence-electron chi connectivity index (χ3n) is 3.17. The predicted octanol–water partition coefficient (Wildman–Crippen LogP) is 4.80. The average molecular weight is 356 g/mol. The Kier molecular flexibility index (Phi) is 5.31. The molecule has 5 heteroatoms. The van der Waals surface area contributed by atoms with Crippen LogP contribution in [0.5, 0.6) is 11.5 Å². The minimum absolute atomic E-state index is 0.0914. The van der Waals surface area contributed by atoms with Gasteiger partial charge in [-0.2, -0.15) is 4.39 Å². The van der Waals surface area contributed by atoms with Crippen LogP contribution in [0.4, 0.5) is 8.78 Å². The van der Waals surface area contributed by atoms with Crippen LogP contribution in [0.2, 0.25) is 0 Å². The summed E-state index contributed by atoms with van der Waals surface area (Å²) in [5.41, 5.74) is 6.98. The number of hydrogen-bond acceptors (Lipinski definition) is 2. The van der Waals surface area contributed by atoms with E-state index >= 15 is 0 Å². The Balaban J connectivity index is 2.18. The number of benzene rings is 2. The molecule has 2 nitrogen and oxygen atoms in total. The van der Waals surface area contributed by atoms with Gasteiger partial charge in [0.15, 0.2) is 11.6 Å². The van der Waals surface area contributed by atoms with Crippen molar-refractivity contribution in [2.45, 2.75) is 25.8 Å². The highest BCUT2D eigenvalue weighted by molar-refractivity contribution is 9.10. The summed E-state index contributed by atoms with van der Waals surface area (Å²) < 4.78 is 32.9. The molecule has 0 aliphatic rings. The molecular formula is C16H16BrF2NO. The SMILES string of the molecule is CCC(N)Cc1ccc(Oc2cccc(F)c2F)cc1Br. The summed E-state index contributed by atoms with van der Waals surface area (Å²) in [4.78, 5) is 0. The van der Waals surface area contributed by atoms with Gasteiger partial charge in [-0.1, -0.05) is 35.0 Å². The molecule has 2 N–H and O–H groups in total. The van der Waals surface area contributed by atoms with Crippen molar-refractivity contribution < 1.29 is 13.5 Å². The van der Waals surface area contributed by atoms with Gasteiger partial charge in [-0.3, -0.25) is 0 Å². The Bertz CT molecular complexity index is 634. The molecule has 0 saturated heterocycles. The highest BCUT2D eigenvalue weighted by Crippen LogP contribution is 2.30. The van der Waals surface area contributed by atoms with Crippen LogP contribution in [0, 0.1) is 11.6 Å². The topological polar surface area (TPSA) is 35.2 Å². The fourth-order valence-corrected chi connectivity index (χ4v) is 2.39. The van der Waals surface area contributed by atoms with Crippen molar-refractivity contribution in [3.05, 3.63) is 58.1 Å². The predicted molar refractivity (Wildman–Crippen MR) is 82.5 cm³/mol. The maximum atomic E-state index is 13.6. The molecule has 0 amide bonds. The van der Waals surface area contributed by atoms with Gasteiger partial charge < -0.3 is 10.5 Å². The maximum absolute atomic E-state index is 13.6. The number of hydrogen-bond donors (Lipinski definition) is 1. The van der Waals surface area contributed by atoms with Gasteiger partial charge in [0.2, 0.25) is 5.82 Å². The van der Waals surface area contributed by atoms with E-state index in [9.17, 15) is 8.78 Å². The van der Waals surface area contributed by atoms with Gasteiger partial charge in [-0.05, 0) is 42.7 Å². The van der Waals surface area contributed by atoms with Crippen molar-refractivity contribution in [1.29, 1.82) is 0 Å². The molecule has 1 atom stereocenters. The summed E-state index contributed by atoms with van der Waals surface area (Å²) in [6.07, 6.45) is 1.63. The van der Waals surface area contributed by atoms with E-state index in [0.717, 1.165) is 28.9 Å². The molecule has 2 rings (SSSR count). The van der Waals surface area contributed by atoms with Crippen LogP contribution in [-0.4, -0.2) is 6.04 Å². The first-order chi connectivity index (χ1) is 10.0. The van der Waals surface area contributed by atoms with Gasteiger partial charge in [0.05, 0.1) is 0 Å². The van der Waals surface area contributed by atoms with Crippen LogP contribution in [0.1, 0.15) is 18.9 Å². The first kappa shape index (κ1) is 15.9. The van der Waals surface area contributed by atoms with E-state index in [2.05, 4.69) is 15.9 Å². The third-order valence-corrected chi connectivity index (χ3v) is 3.91. The van der Waals surface area contributed by atoms with Crippen LogP contribution in [0.15, 0.2) is 40.9 Å². The highest BCUT2D eigenvalue weighted by atomic mass is 79.9. The van der Waals surface area contributed by atoms with Gasteiger partial charge >= 0.3 is 0 Å². The fraction of sp³-hybridized carbons (Fsp3) is 0.250. The summed E-state index contributed by atoms with van der Waals surface area (Å²) in [6.45, 7) is 2.03. The molecule has 2 aromatic carbocycles. The molecule has 0 aliphatic carbocycles. The molecule has 112 valence electrons. The quantitative estimate of drug-likeness (QED) is 0.835. The lowest BCUT2D eigenvalue weighted by Gasteiger charge is -2.12. The molecule has 21 heavy (non-hydrogen) atoms. The Morgan fingerprint density at radius 2 is 2.00 bits per heavy atom. The minimum atomic E-state index is -0.995. The lowest BCUT2D eigenvalue weighted by Crippen LogP contribution is -2.21. The normalized spacial score (nSPS) is 12.2. The number of ether oxygens (including phenoxy) is 1. The van der Waals surface area contributed by atoms with Crippen molar-refractivity contribution in [3.8, 4) is 11.5 Å². The smallest absolute Gasteiger partial charge is 0.201 e. The summed E-state index contributed by atoms with van der Waals surface area (Å²) in [5.74, 6) is -1.64. The van der Waals surface area contributed by atoms with E-state index in [1.165, 1.54) is 12.1 Å². The van der Waals surface area contributed by atoms with E-state index < -0.39 is 11.6 Å². The van der Waals surface area contributed by atoms with Crippen LogP contribution in [-0.2, 0) is 6.42 Å². The number of nitrogens with two attached hydrogens (primary N) is 1. The molecule has 0 spiro atoms. The monoisotopic (exact) mass is 355 g/mol. The average Bonchev–Trinajstić information content (AvgIpc) is 2.46. The van der Waals surface area contributed by atoms with Gasteiger partial charge in [-0.15, -0.1) is 0 Å². The van der Waals surface area contributed by atoms with Crippen molar-refractivity contribution in [2.24, 2.45) is 5.73 Å². The fourth-order valence-electron chi connectivity index (χ4n) is 1.87. The van der Waals surface area contributed by atoms with E-state index in [4.69, 9.17) is 10.5 Å². The molecule has 0 bridgehead atoms. The van der Waals surface area contributed by atoms with Crippen molar-refractivity contribution in [1.82, 2.24) is 0 Å². The number of halogens is 3. The van der Waals surface area contributed by atoms with E-state index in [1.807, 2.05) is 13.0 Å². The second-order valence-corrected chi connectivity index (χ2v) is 5.63. The standard InChI is InChI=1S/C16H16BrF2NO/c1-2-11(20)8-10-6-7-12(9-13(10)17)21-15-5-3-4-14(18)16(15)19/h3-7,9,11H,2,8,20H2,1H3. The van der Waals surface area contributed by atoms with Crippen LogP contribution >= 0.6 is 15.9 Å². The summed E-state index contributed by atoms with van der Waals surface area (Å²) in [6, 6.07) is 9.23. The summed E-state index contributed by atoms with van der Waals surface area (Å²) in [5, 5.41) is 0. The van der Waals surface area contributed by atoms with Gasteiger partial charge in [0, 0.05) is 10.5 Å². The van der Waals surface area contributed by atoms with E-state index in [1.54, 1.807) is 12.1 Å². The molecule has 1 unspecified atom stereocenters. The van der Waals surface area contributed by atoms with Crippen molar-refractivity contribution in [3.63, 3.8) is 0 Å². The zero-order valence-electron chi connectivity index (χ0n) is 11.6. The van der Waals surface area contributed by atoms with Crippen molar-refractivity contribution in [2.75, 3.05) is 0 Å². The molecular weight excluding hydrogens is 340 g/mol. The highest BCUT2D eigenvalue weighted by Gasteiger charge is 2.11. The van der Waals surface area contributed by atoms with Crippen LogP contribution in [0.3, 0.4) is 0 Å². The second-order valence-electron chi connectivity index (χ2n) is 4.78. The largest absolute Gasteiger partial charge is 0.454 e. The Labute approximate surface area is 131 Å². The van der Waals surface area contributed by atoms with Gasteiger partial charge in [0.25, 0.3) is 0 Å². The van der Waals surface area contributed by atoms with Gasteiger partial charge in [0.1, 0.15) is 5.75 Å². The maximum Gasteiger partial charge on any atom is 0.201 e. The zero-order valence-corrected chi connectivity index (χ0v) is 13.2. The number of rotatable bonds is 5. The molecule has 0 aromatic heterocycles. The zero-order chi connectivity index (χ0) is 15.4. The molecule has 0 radical (unpaired) electrons. The second kappa shape index (κ2) is 7.00. The molecule has 2 aromatic rings. The molecule has 0 saturated carbocycles. The Hall–Kier alpha value is -1.46. The Morgan fingerprint density at radius 1 is 1.24 bits per heavy atom. The van der Waals surface area contributed by atoms with E-state index in [0.29, 0.717) is 5.75 Å². The third kappa shape index (κ3) is 4.02. The Morgan fingerprint density at radius 3 is 2.67 bits per heavy atom. The lowest BCUT2D eigenvalue weighted by molar-refractivity contribution is 0.416. The lowest BCUT2D eigenvalue weighted by atomic mass is 10.0. The molecule has 0 aliphatic heterocycles. The van der Waals surface area contributed by atoms with Crippen LogP contribution < -0.4 is 10.5 Å². The summed E-state index contributed by atoms with van der Waals surface area (Å²) >= 11 is 3.45. The van der Waals surface area contributed by atoms with Crippen molar-refractivity contribution >= 4 is 15.9 Å². The first-order valence-electron chi connectivity index (χ1n) is 6.67. The van der Waals surface area contributed by atoms with Crippen LogP contribution in [0.25, 0.3) is 0 Å². The minimum Gasteiger partial charge on any atom is -0.454 e. The van der Waals surface area contributed by atoms with Gasteiger partial charge in [-0.25, -0.2) is 4.39 Å². The summed E-state index contributed by atoms with van der Waals surface area (Å²) in [7, 11) is 0. The molecule has 0 fully saturated rings. The van der Waals surface area contributed by atoms with E-state index in [-0.39, 0.29) is 11.8 Å². The molecule has 0 heterocycles.